The van der Waals surface area contributed by atoms with Gasteiger partial charge in [0.25, 0.3) is 0 Å². The summed E-state index contributed by atoms with van der Waals surface area (Å²) in [6.45, 7) is 0. The van der Waals surface area contributed by atoms with Crippen molar-refractivity contribution in [3.63, 3.8) is 0 Å². The van der Waals surface area contributed by atoms with E-state index in [0.29, 0.717) is 0 Å². The van der Waals surface area contributed by atoms with Crippen LogP contribution >= 0.6 is 0 Å². The third-order valence-corrected chi connectivity index (χ3v) is 0.967. The number of nitrogen functional groups attached to an aromatic ring is 1. The largest absolute Gasteiger partial charge is 0.419 e. The summed E-state index contributed by atoms with van der Waals surface area (Å²) in [7, 11) is 0. The Labute approximate surface area is 65.1 Å². The molecular weight excluding hydrogens is 157 g/mol. The molecule has 0 aliphatic rings. The minimum Gasteiger partial charge on any atom is -0.398 e. The molecule has 0 radical (unpaired) electrons. The number of hydrogen-bond acceptors (Lipinski definition) is 2. The Morgan fingerprint density at radius 3 is 2.73 bits per heavy atom. The lowest BCUT2D eigenvalue weighted by Crippen LogP contribution is -2.08. The maximum Gasteiger partial charge on any atom is 0.419 e. The average molecular weight is 165 g/mol. The van der Waals surface area contributed by atoms with Crippen molar-refractivity contribution in [3.8, 4) is 0 Å². The minimum atomic E-state index is -4.82. The number of hydrogen-bond donors (Lipinski definition) is 1. The van der Waals surface area contributed by atoms with E-state index in [-0.39, 0.29) is 0 Å². The second-order valence-electron chi connectivity index (χ2n) is 1.75. The predicted octanol–water partition coefficient (Wildman–Crippen LogP) is 1.68. The van der Waals surface area contributed by atoms with Gasteiger partial charge in [0.1, 0.15) is 0 Å². The van der Waals surface area contributed by atoms with Crippen LogP contribution in [0.15, 0.2) is 18.4 Å². The molecule has 1 heterocycles. The zero-order valence-electron chi connectivity index (χ0n) is 8.16. The van der Waals surface area contributed by atoms with Crippen LogP contribution in [0.2, 0.25) is 0 Å². The van der Waals surface area contributed by atoms with Crippen LogP contribution in [0.1, 0.15) is 9.68 Å². The molecule has 1 aromatic rings. The molecular formula is C6H5F3N2. The van der Waals surface area contributed by atoms with Gasteiger partial charge in [0.2, 0.25) is 0 Å². The Morgan fingerprint density at radius 2 is 2.18 bits per heavy atom. The number of aromatic nitrogens is 1. The highest BCUT2D eigenvalue weighted by Crippen LogP contribution is 2.32. The Morgan fingerprint density at radius 1 is 1.55 bits per heavy atom. The fraction of sp³-hybridized carbons (Fsp3) is 0.167. The maximum atomic E-state index is 12.2. The second kappa shape index (κ2) is 2.41. The predicted molar refractivity (Wildman–Crippen MR) is 33.7 cm³/mol. The van der Waals surface area contributed by atoms with Crippen LogP contribution in [0.25, 0.3) is 0 Å². The van der Waals surface area contributed by atoms with Crippen LogP contribution in [0.3, 0.4) is 0 Å². The lowest BCUT2D eigenvalue weighted by atomic mass is 10.2. The standard InChI is InChI=1S/C6H5F3N2/c7-6(8,9)4-3-11-2-1-5(4)10/h1-3H,(H2,10,11)/i1D,2D,3D. The number of nitrogens with two attached hydrogens (primary N) is 1. The fourth-order valence-corrected chi connectivity index (χ4v) is 0.511. The number of rotatable bonds is 0. The van der Waals surface area contributed by atoms with E-state index in [9.17, 15) is 13.2 Å². The third kappa shape index (κ3) is 1.60. The molecule has 0 fully saturated rings. The molecule has 2 N–H and O–H groups in total. The molecule has 5 heteroatoms. The number of halogens is 3. The van der Waals surface area contributed by atoms with Crippen molar-refractivity contribution in [2.24, 2.45) is 0 Å². The van der Waals surface area contributed by atoms with Crippen molar-refractivity contribution in [2.45, 2.75) is 6.18 Å². The zero-order valence-corrected chi connectivity index (χ0v) is 5.16. The van der Waals surface area contributed by atoms with E-state index >= 15 is 0 Å². The van der Waals surface area contributed by atoms with Gasteiger partial charge in [-0.15, -0.1) is 0 Å². The maximum absolute atomic E-state index is 12.2. The quantitative estimate of drug-likeness (QED) is 0.635. The Hall–Kier alpha value is -1.26. The van der Waals surface area contributed by atoms with Crippen LogP contribution in [-0.4, -0.2) is 4.98 Å². The second-order valence-corrected chi connectivity index (χ2v) is 1.75. The molecule has 60 valence electrons. The van der Waals surface area contributed by atoms with Gasteiger partial charge < -0.3 is 5.73 Å². The van der Waals surface area contributed by atoms with Crippen LogP contribution in [0.4, 0.5) is 18.9 Å². The van der Waals surface area contributed by atoms with Gasteiger partial charge in [-0.05, 0) is 6.04 Å². The van der Waals surface area contributed by atoms with E-state index in [1.165, 1.54) is 0 Å². The van der Waals surface area contributed by atoms with Gasteiger partial charge in [-0.3, -0.25) is 4.98 Å². The van der Waals surface area contributed by atoms with Crippen LogP contribution in [0.5, 0.6) is 0 Å². The molecule has 0 bridgehead atoms. The molecule has 0 saturated carbocycles. The summed E-state index contributed by atoms with van der Waals surface area (Å²) in [4.78, 5) is 2.95. The summed E-state index contributed by atoms with van der Waals surface area (Å²) >= 11 is 0. The highest BCUT2D eigenvalue weighted by Gasteiger charge is 2.32. The highest BCUT2D eigenvalue weighted by atomic mass is 19.4. The van der Waals surface area contributed by atoms with Crippen molar-refractivity contribution in [1.29, 1.82) is 0 Å². The normalized spacial score (nSPS) is 15.4. The van der Waals surface area contributed by atoms with E-state index in [4.69, 9.17) is 9.85 Å². The Balaban J connectivity index is 3.53. The van der Waals surface area contributed by atoms with Gasteiger partial charge in [0.15, 0.2) is 0 Å². The van der Waals surface area contributed by atoms with Crippen LogP contribution < -0.4 is 5.73 Å². The molecule has 1 rings (SSSR count). The number of pyridine rings is 1. The number of alkyl halides is 3. The smallest absolute Gasteiger partial charge is 0.398 e. The van der Waals surface area contributed by atoms with Crippen molar-refractivity contribution in [1.82, 2.24) is 4.98 Å². The molecule has 0 spiro atoms. The Bertz CT molecular complexity index is 378. The van der Waals surface area contributed by atoms with E-state index in [1.807, 2.05) is 0 Å². The lowest BCUT2D eigenvalue weighted by Gasteiger charge is -2.07. The molecule has 0 aliphatic heterocycles. The van der Waals surface area contributed by atoms with Gasteiger partial charge >= 0.3 is 6.18 Å². The summed E-state index contributed by atoms with van der Waals surface area (Å²) in [6.07, 6.45) is -6.69. The van der Waals surface area contributed by atoms with E-state index < -0.39 is 35.8 Å². The molecule has 0 amide bonds. The van der Waals surface area contributed by atoms with E-state index in [1.54, 1.807) is 0 Å². The van der Waals surface area contributed by atoms with Crippen molar-refractivity contribution in [3.05, 3.63) is 24.0 Å². The van der Waals surface area contributed by atoms with E-state index in [0.717, 1.165) is 0 Å². The zero-order chi connectivity index (χ0) is 11.1. The van der Waals surface area contributed by atoms with Gasteiger partial charge in [-0.25, -0.2) is 0 Å². The highest BCUT2D eigenvalue weighted by molar-refractivity contribution is 5.45. The molecule has 1 aromatic heterocycles. The molecule has 0 aromatic carbocycles. The van der Waals surface area contributed by atoms with E-state index in [2.05, 4.69) is 4.98 Å². The molecule has 0 atom stereocenters. The number of anilines is 1. The topological polar surface area (TPSA) is 38.9 Å². The summed E-state index contributed by atoms with van der Waals surface area (Å²) < 4.78 is 57.5. The summed E-state index contributed by atoms with van der Waals surface area (Å²) in [6, 6.07) is -0.812. The molecule has 0 unspecified atom stereocenters. The minimum absolute atomic E-state index is 0.736. The molecule has 0 aliphatic carbocycles. The van der Waals surface area contributed by atoms with Crippen LogP contribution in [0, 0.1) is 0 Å². The molecule has 0 saturated heterocycles. The average Bonchev–Trinajstić information content (AvgIpc) is 1.97. The van der Waals surface area contributed by atoms with Crippen molar-refractivity contribution < 1.29 is 17.3 Å². The van der Waals surface area contributed by atoms with Gasteiger partial charge in [-0.2, -0.15) is 13.2 Å². The van der Waals surface area contributed by atoms with Crippen molar-refractivity contribution >= 4 is 5.69 Å². The molecule has 2 nitrogen and oxygen atoms in total. The summed E-state index contributed by atoms with van der Waals surface area (Å²) in [5.74, 6) is 0. The lowest BCUT2D eigenvalue weighted by molar-refractivity contribution is -0.137. The van der Waals surface area contributed by atoms with Crippen LogP contribution in [-0.2, 0) is 6.18 Å². The van der Waals surface area contributed by atoms with Gasteiger partial charge in [0, 0.05) is 18.0 Å². The Kier molecular flexibility index (Phi) is 1.00. The van der Waals surface area contributed by atoms with Crippen molar-refractivity contribution in [2.75, 3.05) is 5.73 Å². The summed E-state index contributed by atoms with van der Waals surface area (Å²) in [5.41, 5.74) is 2.59. The first-order valence-electron chi connectivity index (χ1n) is 4.05. The first-order chi connectivity index (χ1) is 6.25. The summed E-state index contributed by atoms with van der Waals surface area (Å²) in [5, 5.41) is 0. The number of nitrogens with zero attached hydrogens (tertiary/aromatic N) is 1. The first kappa shape index (κ1) is 4.58. The first-order valence-corrected chi connectivity index (χ1v) is 2.55. The van der Waals surface area contributed by atoms with Gasteiger partial charge in [-0.1, -0.05) is 0 Å². The SMILES string of the molecule is [2H]c1nc([2H])c(C(F)(F)F)c(N)c1[2H]. The molecule has 11 heavy (non-hydrogen) atoms. The monoisotopic (exact) mass is 165 g/mol. The fourth-order valence-electron chi connectivity index (χ4n) is 0.511. The third-order valence-electron chi connectivity index (χ3n) is 0.967. The van der Waals surface area contributed by atoms with Gasteiger partial charge in [0.05, 0.1) is 9.68 Å².